The van der Waals surface area contributed by atoms with Crippen LogP contribution >= 0.6 is 22.7 Å². The van der Waals surface area contributed by atoms with Crippen LogP contribution in [-0.2, 0) is 20.8 Å². The second-order valence-electron chi connectivity index (χ2n) is 10.3. The van der Waals surface area contributed by atoms with Gasteiger partial charge >= 0.3 is 0 Å². The lowest BCUT2D eigenvalue weighted by atomic mass is 9.71. The van der Waals surface area contributed by atoms with Gasteiger partial charge < -0.3 is 9.47 Å². The average Bonchev–Trinajstić information content (AvgIpc) is 3.80. The number of anilines is 2. The summed E-state index contributed by atoms with van der Waals surface area (Å²) in [6.45, 7) is 1.88. The van der Waals surface area contributed by atoms with Crippen molar-refractivity contribution in [2.24, 2.45) is 0 Å². The Bertz CT molecular complexity index is 1940. The van der Waals surface area contributed by atoms with Crippen molar-refractivity contribution in [2.75, 3.05) is 10.6 Å². The number of rotatable bonds is 11. The van der Waals surface area contributed by atoms with Crippen molar-refractivity contribution < 1.29 is 27.8 Å². The molecule has 0 saturated heterocycles. The van der Waals surface area contributed by atoms with E-state index in [9.17, 15) is 8.78 Å². The van der Waals surface area contributed by atoms with Crippen molar-refractivity contribution in [3.63, 3.8) is 0 Å². The maximum absolute atomic E-state index is 15.2. The zero-order chi connectivity index (χ0) is 32.9. The molecule has 47 heavy (non-hydrogen) atoms. The number of halogens is 2. The molecular weight excluding hydrogens is 643 g/mol. The summed E-state index contributed by atoms with van der Waals surface area (Å²) >= 11 is 2.28. The Morgan fingerprint density at radius 2 is 1.04 bits per heavy atom. The minimum Gasteiger partial charge on any atom is -0.467 e. The van der Waals surface area contributed by atoms with Gasteiger partial charge in [0.25, 0.3) is 23.0 Å². The molecule has 8 nitrogen and oxygen atoms in total. The minimum atomic E-state index is -2.49. The van der Waals surface area contributed by atoms with Crippen LogP contribution in [0.15, 0.2) is 126 Å². The summed E-state index contributed by atoms with van der Waals surface area (Å²) in [5.74, 6) is -2.60. The standard InChI is InChI=1S/C35H26F2N4O4S2/c1-23-7-17-29(18-8-23)45-35(25-11-15-27(37)16-12-25,31(43)41-33-39-20-22-47-33)34(24-9-13-26(36)14-10-24,44-28-5-3-2-4-6-28)30(42)40-32-38-19-21-46-32/h2-22H,1H3,(H,38,40,42)(H,39,41,43). The highest BCUT2D eigenvalue weighted by Crippen LogP contribution is 2.49. The summed E-state index contributed by atoms with van der Waals surface area (Å²) in [6.07, 6.45) is 3.01. The molecule has 0 aliphatic heterocycles. The van der Waals surface area contributed by atoms with Crippen molar-refractivity contribution in [1.29, 1.82) is 0 Å². The van der Waals surface area contributed by atoms with Crippen molar-refractivity contribution in [3.05, 3.63) is 155 Å². The van der Waals surface area contributed by atoms with Crippen LogP contribution < -0.4 is 20.1 Å². The number of carbonyl (C=O) groups excluding carboxylic acids is 2. The van der Waals surface area contributed by atoms with E-state index < -0.39 is 34.7 Å². The van der Waals surface area contributed by atoms with Gasteiger partial charge in [-0.3, -0.25) is 20.2 Å². The van der Waals surface area contributed by atoms with Crippen LogP contribution in [0.2, 0.25) is 0 Å². The van der Waals surface area contributed by atoms with Gasteiger partial charge in [-0.2, -0.15) is 0 Å². The molecule has 2 N–H and O–H groups in total. The number of nitrogens with zero attached hydrogens (tertiary/aromatic N) is 2. The van der Waals surface area contributed by atoms with Gasteiger partial charge in [0.1, 0.15) is 23.1 Å². The van der Waals surface area contributed by atoms with Gasteiger partial charge in [-0.05, 0) is 55.5 Å². The number of hydrogen-bond acceptors (Lipinski definition) is 8. The fraction of sp³-hybridized carbons (Fsp3) is 0.0857. The first-order chi connectivity index (χ1) is 22.8. The van der Waals surface area contributed by atoms with Crippen molar-refractivity contribution in [3.8, 4) is 11.5 Å². The molecule has 2 amide bonds. The van der Waals surface area contributed by atoms with E-state index in [1.165, 1.54) is 36.7 Å². The maximum Gasteiger partial charge on any atom is 0.280 e. The number of carbonyl (C=O) groups is 2. The first-order valence-electron chi connectivity index (χ1n) is 14.2. The molecule has 6 rings (SSSR count). The molecule has 2 unspecified atom stereocenters. The lowest BCUT2D eigenvalue weighted by Gasteiger charge is -2.47. The van der Waals surface area contributed by atoms with Crippen LogP contribution in [0.5, 0.6) is 11.5 Å². The minimum absolute atomic E-state index is 0.0440. The summed E-state index contributed by atoms with van der Waals surface area (Å²) in [6, 6.07) is 25.1. The number of aromatic nitrogens is 2. The second kappa shape index (κ2) is 13.5. The molecule has 236 valence electrons. The number of para-hydroxylation sites is 1. The molecule has 0 aliphatic carbocycles. The highest BCUT2D eigenvalue weighted by molar-refractivity contribution is 7.14. The summed E-state index contributed by atoms with van der Waals surface area (Å²) in [5, 5.41) is 9.31. The highest BCUT2D eigenvalue weighted by atomic mass is 32.1. The molecule has 4 aromatic carbocycles. The van der Waals surface area contributed by atoms with Crippen LogP contribution in [0, 0.1) is 18.6 Å². The topological polar surface area (TPSA) is 102 Å². The molecular formula is C35H26F2N4O4S2. The van der Waals surface area contributed by atoms with E-state index in [-0.39, 0.29) is 32.9 Å². The predicted molar refractivity (Wildman–Crippen MR) is 177 cm³/mol. The Labute approximate surface area is 276 Å². The van der Waals surface area contributed by atoms with Crippen molar-refractivity contribution in [2.45, 2.75) is 18.1 Å². The van der Waals surface area contributed by atoms with E-state index in [4.69, 9.17) is 9.47 Å². The Morgan fingerprint density at radius 1 is 0.617 bits per heavy atom. The van der Waals surface area contributed by atoms with Crippen LogP contribution in [0.25, 0.3) is 0 Å². The van der Waals surface area contributed by atoms with E-state index in [2.05, 4.69) is 20.6 Å². The second-order valence-corrected chi connectivity index (χ2v) is 12.1. The van der Waals surface area contributed by atoms with Gasteiger partial charge in [0.2, 0.25) is 0 Å². The predicted octanol–water partition coefficient (Wildman–Crippen LogP) is 7.71. The lowest BCUT2D eigenvalue weighted by molar-refractivity contribution is -0.172. The van der Waals surface area contributed by atoms with E-state index >= 15 is 9.59 Å². The molecule has 0 fully saturated rings. The summed E-state index contributed by atoms with van der Waals surface area (Å²) in [5.41, 5.74) is -3.98. The quantitative estimate of drug-likeness (QED) is 0.147. The Hall–Kier alpha value is -5.46. The summed E-state index contributed by atoms with van der Waals surface area (Å²) in [7, 11) is 0. The molecule has 0 spiro atoms. The Kier molecular flexibility index (Phi) is 9.05. The molecule has 2 aromatic heterocycles. The highest BCUT2D eigenvalue weighted by Gasteiger charge is 2.68. The van der Waals surface area contributed by atoms with Crippen molar-refractivity contribution in [1.82, 2.24) is 9.97 Å². The van der Waals surface area contributed by atoms with Gasteiger partial charge in [-0.15, -0.1) is 22.7 Å². The summed E-state index contributed by atoms with van der Waals surface area (Å²) in [4.78, 5) is 38.8. The third-order valence-corrected chi connectivity index (χ3v) is 8.63. The van der Waals surface area contributed by atoms with Crippen LogP contribution in [0.3, 0.4) is 0 Å². The summed E-state index contributed by atoms with van der Waals surface area (Å²) < 4.78 is 42.7. The van der Waals surface area contributed by atoms with Crippen LogP contribution in [-0.4, -0.2) is 21.8 Å². The van der Waals surface area contributed by atoms with Gasteiger partial charge in [0.15, 0.2) is 10.3 Å². The van der Waals surface area contributed by atoms with Gasteiger partial charge in [0.05, 0.1) is 0 Å². The smallest absolute Gasteiger partial charge is 0.280 e. The van der Waals surface area contributed by atoms with Gasteiger partial charge in [-0.25, -0.2) is 18.7 Å². The van der Waals surface area contributed by atoms with E-state index in [1.807, 2.05) is 6.92 Å². The van der Waals surface area contributed by atoms with E-state index in [1.54, 1.807) is 65.4 Å². The Morgan fingerprint density at radius 3 is 1.45 bits per heavy atom. The molecule has 2 atom stereocenters. The monoisotopic (exact) mass is 668 g/mol. The SMILES string of the molecule is Cc1ccc(OC(C(=O)Nc2nccs2)(c2ccc(F)cc2)C(Oc2ccccc2)(C(=O)Nc2nccs2)c2ccc(F)cc2)cc1. The maximum atomic E-state index is 15.2. The third kappa shape index (κ3) is 6.33. The number of thiazole rings is 2. The number of ether oxygens (including phenoxy) is 2. The zero-order valence-electron chi connectivity index (χ0n) is 24.7. The first-order valence-corrected chi connectivity index (χ1v) is 16.0. The fourth-order valence-electron chi connectivity index (χ4n) is 5.10. The lowest BCUT2D eigenvalue weighted by Crippen LogP contribution is -2.67. The first kappa shape index (κ1) is 31.5. The number of aryl methyl sites for hydroxylation is 1. The largest absolute Gasteiger partial charge is 0.467 e. The number of nitrogens with one attached hydrogen (secondary N) is 2. The normalized spacial score (nSPS) is 13.5. The number of amides is 2. The van der Waals surface area contributed by atoms with Crippen molar-refractivity contribution >= 4 is 44.8 Å². The molecule has 0 saturated carbocycles. The Balaban J connectivity index is 1.74. The number of hydrogen-bond donors (Lipinski definition) is 2. The van der Waals surface area contributed by atoms with Crippen LogP contribution in [0.1, 0.15) is 16.7 Å². The number of benzene rings is 4. The molecule has 0 bridgehead atoms. The molecule has 12 heteroatoms. The van der Waals surface area contributed by atoms with E-state index in [0.29, 0.717) is 0 Å². The average molecular weight is 669 g/mol. The van der Waals surface area contributed by atoms with Gasteiger partial charge in [-0.1, -0.05) is 60.2 Å². The molecule has 6 aromatic rings. The zero-order valence-corrected chi connectivity index (χ0v) is 26.4. The molecule has 0 aliphatic rings. The third-order valence-electron chi connectivity index (χ3n) is 7.25. The molecule has 2 heterocycles. The fourth-order valence-corrected chi connectivity index (χ4v) is 6.15. The van der Waals surface area contributed by atoms with E-state index in [0.717, 1.165) is 52.5 Å². The van der Waals surface area contributed by atoms with Gasteiger partial charge in [0, 0.05) is 34.3 Å². The molecule has 0 radical (unpaired) electrons. The van der Waals surface area contributed by atoms with Crippen LogP contribution in [0.4, 0.5) is 19.0 Å².